The average molecular weight is 378 g/mol. The molecule has 6 nitrogen and oxygen atoms in total. The lowest BCUT2D eigenvalue weighted by molar-refractivity contribution is -0.121. The molecule has 1 aromatic carbocycles. The Hall–Kier alpha value is -2.41. The lowest BCUT2D eigenvalue weighted by Gasteiger charge is -2.05. The van der Waals surface area contributed by atoms with Crippen LogP contribution in [0.15, 0.2) is 56.7 Å². The minimum Gasteiger partial charge on any atom is -0.463 e. The summed E-state index contributed by atoms with van der Waals surface area (Å²) in [5, 5.41) is 6.54. The summed E-state index contributed by atoms with van der Waals surface area (Å²) in [6, 6.07) is 10.8. The van der Waals surface area contributed by atoms with Crippen molar-refractivity contribution in [2.45, 2.75) is 19.3 Å². The van der Waals surface area contributed by atoms with Gasteiger partial charge in [0.15, 0.2) is 0 Å². The number of carbonyl (C=O) groups excluding carboxylic acids is 2. The first-order chi connectivity index (χ1) is 11.1. The number of rotatable bonds is 7. The molecule has 7 heteroatoms. The average Bonchev–Trinajstić information content (AvgIpc) is 3.03. The topological polar surface area (TPSA) is 83.7 Å². The quantitative estimate of drug-likeness (QED) is 0.573. The molecule has 0 fully saturated rings. The molecule has 2 rings (SSSR count). The van der Waals surface area contributed by atoms with E-state index in [1.165, 1.54) is 12.5 Å². The van der Waals surface area contributed by atoms with E-state index in [1.54, 1.807) is 24.3 Å². The number of hydrogen-bond donors (Lipinski definition) is 2. The van der Waals surface area contributed by atoms with Crippen LogP contribution in [0, 0.1) is 0 Å². The number of amides is 2. The van der Waals surface area contributed by atoms with Crippen molar-refractivity contribution in [1.29, 1.82) is 0 Å². The molecule has 2 N–H and O–H groups in total. The Labute approximate surface area is 142 Å². The highest BCUT2D eigenvalue weighted by molar-refractivity contribution is 9.10. The standard InChI is InChI=1S/C16H16BrN3O3/c17-12-6-8-13(9-7-12)19-15(21)4-1-5-16(22)20-18-11-14-3-2-10-23-14/h2-3,6-11H,1,4-5H2,(H,19,21)(H,20,22)/b18-11+. The molecule has 1 aromatic heterocycles. The van der Waals surface area contributed by atoms with Crippen LogP contribution >= 0.6 is 15.9 Å². The Morgan fingerprint density at radius 3 is 2.57 bits per heavy atom. The molecule has 0 aliphatic heterocycles. The third kappa shape index (κ3) is 6.48. The minimum atomic E-state index is -0.246. The molecule has 2 amide bonds. The maximum Gasteiger partial charge on any atom is 0.240 e. The minimum absolute atomic E-state index is 0.126. The van der Waals surface area contributed by atoms with Crippen LogP contribution in [0.2, 0.25) is 0 Å². The summed E-state index contributed by atoms with van der Waals surface area (Å²) in [6.07, 6.45) is 3.88. The van der Waals surface area contributed by atoms with Crippen LogP contribution in [-0.2, 0) is 9.59 Å². The van der Waals surface area contributed by atoms with Crippen LogP contribution in [0.3, 0.4) is 0 Å². The van der Waals surface area contributed by atoms with Crippen LogP contribution in [0.25, 0.3) is 0 Å². The third-order valence-electron chi connectivity index (χ3n) is 2.86. The third-order valence-corrected chi connectivity index (χ3v) is 3.39. The second-order valence-electron chi connectivity index (χ2n) is 4.72. The Morgan fingerprint density at radius 1 is 1.13 bits per heavy atom. The highest BCUT2D eigenvalue weighted by Crippen LogP contribution is 2.14. The van der Waals surface area contributed by atoms with Crippen molar-refractivity contribution in [1.82, 2.24) is 5.43 Å². The molecule has 0 spiro atoms. The molecule has 0 aliphatic carbocycles. The largest absolute Gasteiger partial charge is 0.463 e. The Bertz CT molecular complexity index is 666. The molecule has 0 radical (unpaired) electrons. The van der Waals surface area contributed by atoms with Gasteiger partial charge in [-0.2, -0.15) is 5.10 Å². The zero-order valence-electron chi connectivity index (χ0n) is 12.3. The molecule has 0 atom stereocenters. The Balaban J connectivity index is 1.63. The highest BCUT2D eigenvalue weighted by Gasteiger charge is 2.05. The fourth-order valence-corrected chi connectivity index (χ4v) is 2.02. The first kappa shape index (κ1) is 17.0. The van der Waals surface area contributed by atoms with Crippen LogP contribution in [0.1, 0.15) is 25.0 Å². The van der Waals surface area contributed by atoms with Gasteiger partial charge in [0.1, 0.15) is 5.76 Å². The summed E-state index contributed by atoms with van der Waals surface area (Å²) in [7, 11) is 0. The predicted molar refractivity (Wildman–Crippen MR) is 91.1 cm³/mol. The van der Waals surface area contributed by atoms with Gasteiger partial charge in [0.25, 0.3) is 0 Å². The number of furan rings is 1. The molecule has 120 valence electrons. The molecule has 1 heterocycles. The van der Waals surface area contributed by atoms with E-state index in [1.807, 2.05) is 12.1 Å². The Morgan fingerprint density at radius 2 is 1.87 bits per heavy atom. The maximum absolute atomic E-state index is 11.8. The number of nitrogens with one attached hydrogen (secondary N) is 2. The first-order valence-electron chi connectivity index (χ1n) is 7.04. The number of carbonyl (C=O) groups is 2. The van der Waals surface area contributed by atoms with Gasteiger partial charge in [-0.3, -0.25) is 9.59 Å². The normalized spacial score (nSPS) is 10.7. The molecule has 23 heavy (non-hydrogen) atoms. The molecule has 0 saturated carbocycles. The molecular weight excluding hydrogens is 362 g/mol. The van der Waals surface area contributed by atoms with Gasteiger partial charge in [-0.1, -0.05) is 15.9 Å². The summed E-state index contributed by atoms with van der Waals surface area (Å²) in [5.41, 5.74) is 3.11. The monoisotopic (exact) mass is 377 g/mol. The smallest absolute Gasteiger partial charge is 0.240 e. The van der Waals surface area contributed by atoms with E-state index in [0.717, 1.165) is 10.2 Å². The first-order valence-corrected chi connectivity index (χ1v) is 7.83. The summed E-state index contributed by atoms with van der Waals surface area (Å²) in [5.74, 6) is 0.183. The number of halogens is 1. The zero-order valence-corrected chi connectivity index (χ0v) is 13.9. The van der Waals surface area contributed by atoms with Gasteiger partial charge >= 0.3 is 0 Å². The number of anilines is 1. The molecule has 0 aliphatic rings. The van der Waals surface area contributed by atoms with Gasteiger partial charge in [-0.15, -0.1) is 0 Å². The molecule has 0 saturated heterocycles. The second-order valence-corrected chi connectivity index (χ2v) is 5.63. The number of benzene rings is 1. The van der Waals surface area contributed by atoms with Crippen molar-refractivity contribution >= 4 is 39.6 Å². The number of hydrazone groups is 1. The van der Waals surface area contributed by atoms with Gasteiger partial charge in [-0.25, -0.2) is 5.43 Å². The van der Waals surface area contributed by atoms with Crippen molar-refractivity contribution in [3.05, 3.63) is 52.9 Å². The van der Waals surface area contributed by atoms with E-state index in [9.17, 15) is 9.59 Å². The van der Waals surface area contributed by atoms with Crippen LogP contribution in [-0.4, -0.2) is 18.0 Å². The van der Waals surface area contributed by atoms with E-state index in [2.05, 4.69) is 31.8 Å². The second kappa shape index (κ2) is 8.89. The van der Waals surface area contributed by atoms with Crippen molar-refractivity contribution in [2.75, 3.05) is 5.32 Å². The van der Waals surface area contributed by atoms with Gasteiger partial charge < -0.3 is 9.73 Å². The van der Waals surface area contributed by atoms with E-state index < -0.39 is 0 Å². The van der Waals surface area contributed by atoms with Gasteiger partial charge in [0.2, 0.25) is 11.8 Å². The fraction of sp³-hybridized carbons (Fsp3) is 0.188. The van der Waals surface area contributed by atoms with Gasteiger partial charge in [0.05, 0.1) is 12.5 Å². The van der Waals surface area contributed by atoms with E-state index in [-0.39, 0.29) is 24.7 Å². The van der Waals surface area contributed by atoms with Crippen LogP contribution in [0.5, 0.6) is 0 Å². The van der Waals surface area contributed by atoms with Crippen molar-refractivity contribution in [2.24, 2.45) is 5.10 Å². The van der Waals surface area contributed by atoms with Gasteiger partial charge in [-0.05, 0) is 42.8 Å². The highest BCUT2D eigenvalue weighted by atomic mass is 79.9. The van der Waals surface area contributed by atoms with E-state index in [0.29, 0.717) is 12.2 Å². The SMILES string of the molecule is O=C(CCCC(=O)Nc1ccc(Br)cc1)N/N=C/c1ccco1. The number of nitrogens with zero attached hydrogens (tertiary/aromatic N) is 1. The van der Waals surface area contributed by atoms with E-state index >= 15 is 0 Å². The summed E-state index contributed by atoms with van der Waals surface area (Å²) >= 11 is 3.33. The lowest BCUT2D eigenvalue weighted by Crippen LogP contribution is -2.18. The molecule has 2 aromatic rings. The fourth-order valence-electron chi connectivity index (χ4n) is 1.75. The molecule has 0 unspecified atom stereocenters. The van der Waals surface area contributed by atoms with Crippen molar-refractivity contribution < 1.29 is 14.0 Å². The Kier molecular flexibility index (Phi) is 6.56. The summed E-state index contributed by atoms with van der Waals surface area (Å²) in [6.45, 7) is 0. The van der Waals surface area contributed by atoms with E-state index in [4.69, 9.17) is 4.42 Å². The van der Waals surface area contributed by atoms with Crippen molar-refractivity contribution in [3.8, 4) is 0 Å². The molecular formula is C16H16BrN3O3. The zero-order chi connectivity index (χ0) is 16.5. The summed E-state index contributed by atoms with van der Waals surface area (Å²) in [4.78, 5) is 23.3. The van der Waals surface area contributed by atoms with Crippen LogP contribution < -0.4 is 10.7 Å². The number of hydrogen-bond acceptors (Lipinski definition) is 4. The lowest BCUT2D eigenvalue weighted by atomic mass is 10.2. The summed E-state index contributed by atoms with van der Waals surface area (Å²) < 4.78 is 5.98. The molecule has 0 bridgehead atoms. The predicted octanol–water partition coefficient (Wildman–Crippen LogP) is 3.30. The van der Waals surface area contributed by atoms with Crippen molar-refractivity contribution in [3.63, 3.8) is 0 Å². The van der Waals surface area contributed by atoms with Crippen LogP contribution in [0.4, 0.5) is 5.69 Å². The van der Waals surface area contributed by atoms with Gasteiger partial charge in [0, 0.05) is 23.0 Å². The maximum atomic E-state index is 11.8.